The number of cyclic esters (lactones) is 1. The van der Waals surface area contributed by atoms with E-state index in [2.05, 4.69) is 5.32 Å². The van der Waals surface area contributed by atoms with E-state index in [1.165, 1.54) is 30.9 Å². The molecule has 3 N–H and O–H groups in total. The standard InChI is InChI=1S/C43H56Cl2N2O9/c1-10-24(2)35-32(48)22-29(19-27-20-30(44)36(49)31(45)21-27)39(50)46-38(42(5,6)53)40(51)55-37(28-17-12-11-13-18-28)26(4)16-14-15-25(3)33(54-9)23-34-43(7,56-34)41(52)47(35)8/h11-18,20-21,24,26,29,33-35,37-38,49,53H,10,19,22-23H2,1-9H3,(H,46,50)/b16-14+,25-15+/t24-,26+,29-,33+,34-,35-,37-,38+,43+/m0/s1. The van der Waals surface area contributed by atoms with Crippen molar-refractivity contribution in [1.82, 2.24) is 10.2 Å². The van der Waals surface area contributed by atoms with E-state index in [-0.39, 0.29) is 52.5 Å². The first-order chi connectivity index (χ1) is 26.2. The Morgan fingerprint density at radius 1 is 1.11 bits per heavy atom. The van der Waals surface area contributed by atoms with Crippen molar-refractivity contribution in [3.63, 3.8) is 0 Å². The predicted octanol–water partition coefficient (Wildman–Crippen LogP) is 6.95. The van der Waals surface area contributed by atoms with Gasteiger partial charge < -0.3 is 34.6 Å². The summed E-state index contributed by atoms with van der Waals surface area (Å²) in [7, 11) is 3.16. The van der Waals surface area contributed by atoms with E-state index in [4.69, 9.17) is 37.4 Å². The highest BCUT2D eigenvalue weighted by molar-refractivity contribution is 6.37. The maximum Gasteiger partial charge on any atom is 0.332 e. The lowest BCUT2D eigenvalue weighted by Crippen LogP contribution is -2.57. The molecule has 1 saturated heterocycles. The molecule has 0 aliphatic carbocycles. The molecule has 2 aliphatic heterocycles. The van der Waals surface area contributed by atoms with E-state index in [1.807, 2.05) is 76.3 Å². The molecular formula is C43H56Cl2N2O9. The number of aromatic hydroxyl groups is 1. The molecule has 13 heteroatoms. The Labute approximate surface area is 340 Å². The van der Waals surface area contributed by atoms with Crippen LogP contribution in [0.5, 0.6) is 5.75 Å². The number of likely N-dealkylation sites (N-methyl/N-ethyl adjacent to an activating group) is 1. The molecule has 306 valence electrons. The van der Waals surface area contributed by atoms with E-state index in [1.54, 1.807) is 21.1 Å². The monoisotopic (exact) mass is 814 g/mol. The summed E-state index contributed by atoms with van der Waals surface area (Å²) in [4.78, 5) is 58.6. The molecule has 9 atom stereocenters. The third kappa shape index (κ3) is 10.6. The van der Waals surface area contributed by atoms with Crippen LogP contribution in [0.4, 0.5) is 0 Å². The Balaban J connectivity index is 1.83. The van der Waals surface area contributed by atoms with E-state index in [0.717, 1.165) is 5.57 Å². The number of hydrogen-bond acceptors (Lipinski definition) is 9. The quantitative estimate of drug-likeness (QED) is 0.199. The molecule has 2 aliphatic rings. The summed E-state index contributed by atoms with van der Waals surface area (Å²) in [6, 6.07) is 9.56. The molecule has 0 saturated carbocycles. The van der Waals surface area contributed by atoms with Crippen LogP contribution in [-0.2, 0) is 39.8 Å². The Morgan fingerprint density at radius 3 is 2.30 bits per heavy atom. The van der Waals surface area contributed by atoms with Crippen molar-refractivity contribution in [1.29, 1.82) is 0 Å². The first-order valence-corrected chi connectivity index (χ1v) is 19.8. The van der Waals surface area contributed by atoms with Gasteiger partial charge in [-0.05, 0) is 68.9 Å². The summed E-state index contributed by atoms with van der Waals surface area (Å²) >= 11 is 12.5. The van der Waals surface area contributed by atoms with Crippen LogP contribution < -0.4 is 5.32 Å². The Morgan fingerprint density at radius 2 is 1.73 bits per heavy atom. The molecule has 2 aromatic rings. The first kappa shape index (κ1) is 45.0. The minimum Gasteiger partial charge on any atom is -0.505 e. The average Bonchev–Trinajstić information content (AvgIpc) is 3.81. The predicted molar refractivity (Wildman–Crippen MR) is 215 cm³/mol. The van der Waals surface area contributed by atoms with Crippen molar-refractivity contribution in [2.75, 3.05) is 14.2 Å². The molecule has 11 nitrogen and oxygen atoms in total. The number of methoxy groups -OCH3 is 1. The van der Waals surface area contributed by atoms with Gasteiger partial charge >= 0.3 is 5.97 Å². The van der Waals surface area contributed by atoms with Gasteiger partial charge in [-0.15, -0.1) is 0 Å². The van der Waals surface area contributed by atoms with Crippen LogP contribution in [0.3, 0.4) is 0 Å². The number of hydrogen-bond donors (Lipinski definition) is 3. The van der Waals surface area contributed by atoms with Gasteiger partial charge in [0.1, 0.15) is 6.10 Å². The van der Waals surface area contributed by atoms with Crippen molar-refractivity contribution in [3.05, 3.63) is 87.4 Å². The second-order valence-corrected chi connectivity index (χ2v) is 16.7. The highest BCUT2D eigenvalue weighted by Crippen LogP contribution is 2.43. The molecule has 56 heavy (non-hydrogen) atoms. The molecule has 2 aromatic carbocycles. The van der Waals surface area contributed by atoms with Gasteiger partial charge in [0.15, 0.2) is 23.2 Å². The number of amides is 2. The fourth-order valence-electron chi connectivity index (χ4n) is 7.33. The third-order valence-corrected chi connectivity index (χ3v) is 11.6. The summed E-state index contributed by atoms with van der Waals surface area (Å²) in [6.07, 6.45) is 4.49. The Hall–Kier alpha value is -3.74. The highest BCUT2D eigenvalue weighted by Gasteiger charge is 2.61. The fourth-order valence-corrected chi connectivity index (χ4v) is 7.86. The second-order valence-electron chi connectivity index (χ2n) is 15.9. The minimum atomic E-state index is -1.81. The van der Waals surface area contributed by atoms with Gasteiger partial charge in [0.25, 0.3) is 5.91 Å². The third-order valence-electron chi connectivity index (χ3n) is 11.1. The lowest BCUT2D eigenvalue weighted by Gasteiger charge is -2.34. The summed E-state index contributed by atoms with van der Waals surface area (Å²) in [6.45, 7) is 12.1. The summed E-state index contributed by atoms with van der Waals surface area (Å²) in [5, 5.41) is 24.1. The number of carbonyl (C=O) groups excluding carboxylic acids is 4. The van der Waals surface area contributed by atoms with Gasteiger partial charge in [0.2, 0.25) is 5.91 Å². The van der Waals surface area contributed by atoms with Crippen LogP contribution in [0.25, 0.3) is 0 Å². The minimum absolute atomic E-state index is 0.0499. The molecule has 0 bridgehead atoms. The SMILES string of the molecule is CC[C@H](C)[C@H]1C(=O)C[C@H](Cc2cc(Cl)c(O)c(Cl)c2)C(=O)N[C@@H](C(C)(C)O)C(=O)O[C@H](c2ccccc2)[C@H](C)/C=C/C=C(\C)[C@H](OC)C[C@@H]2O[C@@]2(C)C(=O)N1C. The number of ether oxygens (including phenoxy) is 3. The zero-order chi connectivity index (χ0) is 41.7. The van der Waals surface area contributed by atoms with Gasteiger partial charge in [0, 0.05) is 38.8 Å². The first-order valence-electron chi connectivity index (χ1n) is 19.0. The molecule has 0 unspecified atom stereocenters. The number of benzene rings is 2. The maximum absolute atomic E-state index is 14.5. The van der Waals surface area contributed by atoms with Crippen LogP contribution >= 0.6 is 23.2 Å². The number of allylic oxidation sites excluding steroid dienone is 2. The molecule has 0 radical (unpaired) electrons. The number of carbonyl (C=O) groups is 4. The molecule has 4 rings (SSSR count). The number of Topliss-reactive ketones (excluding diaryl/α,β-unsaturated/α-hetero) is 1. The topological polar surface area (TPSA) is 155 Å². The van der Waals surface area contributed by atoms with Crippen LogP contribution in [0, 0.1) is 17.8 Å². The summed E-state index contributed by atoms with van der Waals surface area (Å²) < 4.78 is 18.0. The van der Waals surface area contributed by atoms with Crippen molar-refractivity contribution < 1.29 is 43.6 Å². The number of aliphatic hydroxyl groups is 1. The Kier molecular flexibility index (Phi) is 15.0. The van der Waals surface area contributed by atoms with Gasteiger partial charge in [0.05, 0.1) is 33.9 Å². The maximum atomic E-state index is 14.5. The normalized spacial score (nSPS) is 30.9. The van der Waals surface area contributed by atoms with Crippen LogP contribution in [0.2, 0.25) is 10.0 Å². The molecule has 1 fully saturated rings. The average molecular weight is 816 g/mol. The zero-order valence-corrected chi connectivity index (χ0v) is 35.2. The van der Waals surface area contributed by atoms with E-state index >= 15 is 0 Å². The lowest BCUT2D eigenvalue weighted by atomic mass is 9.85. The van der Waals surface area contributed by atoms with Gasteiger partial charge in [-0.1, -0.05) is 99.0 Å². The fraction of sp³-hybridized carbons (Fsp3) is 0.535. The molecule has 0 spiro atoms. The lowest BCUT2D eigenvalue weighted by molar-refractivity contribution is -0.162. The number of esters is 1. The molecule has 2 amide bonds. The van der Waals surface area contributed by atoms with Crippen LogP contribution in [-0.4, -0.2) is 88.3 Å². The number of fused-ring (bicyclic) bond motifs is 1. The van der Waals surface area contributed by atoms with Crippen molar-refractivity contribution in [2.45, 2.75) is 116 Å². The molecule has 0 aromatic heterocycles. The summed E-state index contributed by atoms with van der Waals surface area (Å²) in [5.41, 5.74) is -0.983. The highest BCUT2D eigenvalue weighted by atomic mass is 35.5. The van der Waals surface area contributed by atoms with E-state index < -0.39 is 59.1 Å². The van der Waals surface area contributed by atoms with E-state index in [9.17, 15) is 29.4 Å². The van der Waals surface area contributed by atoms with Crippen molar-refractivity contribution in [2.24, 2.45) is 17.8 Å². The van der Waals surface area contributed by atoms with Gasteiger partial charge in [-0.25, -0.2) is 4.79 Å². The summed E-state index contributed by atoms with van der Waals surface area (Å²) in [5.74, 6) is -4.50. The number of nitrogens with zero attached hydrogens (tertiary/aromatic N) is 1. The smallest absolute Gasteiger partial charge is 0.332 e. The van der Waals surface area contributed by atoms with E-state index in [0.29, 0.717) is 24.0 Å². The number of halogens is 2. The van der Waals surface area contributed by atoms with Gasteiger partial charge in [-0.2, -0.15) is 0 Å². The van der Waals surface area contributed by atoms with Gasteiger partial charge in [-0.3, -0.25) is 14.4 Å². The number of rotatable bonds is 7. The molecule has 2 heterocycles. The number of ketones is 1. The number of epoxide rings is 1. The second kappa shape index (κ2) is 18.7. The van der Waals surface area contributed by atoms with Crippen LogP contribution in [0.1, 0.15) is 85.0 Å². The largest absolute Gasteiger partial charge is 0.505 e. The number of phenolic OH excluding ortho intramolecular Hbond substituents is 1. The number of phenols is 1. The van der Waals surface area contributed by atoms with Crippen molar-refractivity contribution >= 4 is 46.8 Å². The molecular weight excluding hydrogens is 759 g/mol. The Bertz CT molecular complexity index is 1790. The zero-order valence-electron chi connectivity index (χ0n) is 33.7. The van der Waals surface area contributed by atoms with Crippen LogP contribution in [0.15, 0.2) is 66.3 Å². The van der Waals surface area contributed by atoms with Crippen molar-refractivity contribution in [3.8, 4) is 5.75 Å². The number of nitrogens with one attached hydrogen (secondary N) is 1.